The van der Waals surface area contributed by atoms with Crippen molar-refractivity contribution in [2.75, 3.05) is 6.54 Å². The van der Waals surface area contributed by atoms with Gasteiger partial charge in [0.2, 0.25) is 6.41 Å². The molecule has 0 saturated carbocycles. The molecule has 0 saturated heterocycles. The van der Waals surface area contributed by atoms with E-state index >= 15 is 0 Å². The quantitative estimate of drug-likeness (QED) is 0.475. The predicted molar refractivity (Wildman–Crippen MR) is 28.6 cm³/mol. The van der Waals surface area contributed by atoms with Gasteiger partial charge in [-0.3, -0.25) is 4.79 Å². The van der Waals surface area contributed by atoms with Crippen LogP contribution in [0.1, 0.15) is 6.92 Å². The molecule has 1 amide bonds. The minimum atomic E-state index is 0.701. The van der Waals surface area contributed by atoms with Crippen LogP contribution < -0.4 is 0 Å². The molecule has 0 aliphatic carbocycles. The summed E-state index contributed by atoms with van der Waals surface area (Å²) >= 11 is 0. The third-order valence-corrected chi connectivity index (χ3v) is 0.735. The number of rotatable bonds is 3. The van der Waals surface area contributed by atoms with E-state index in [0.717, 1.165) is 6.41 Å². The van der Waals surface area contributed by atoms with Crippen LogP contribution >= 0.6 is 0 Å². The van der Waals surface area contributed by atoms with Gasteiger partial charge >= 0.3 is 0 Å². The topological polar surface area (TPSA) is 20.3 Å². The SMILES string of the molecule is C=CN(C=O)CC. The first kappa shape index (κ1) is 6.21. The van der Waals surface area contributed by atoms with Crippen molar-refractivity contribution in [1.82, 2.24) is 4.90 Å². The largest absolute Gasteiger partial charge is 0.323 e. The van der Waals surface area contributed by atoms with E-state index < -0.39 is 0 Å². The van der Waals surface area contributed by atoms with Crippen LogP contribution in [-0.2, 0) is 4.79 Å². The molecular weight excluding hydrogens is 90.1 g/mol. The second kappa shape index (κ2) is 3.40. The van der Waals surface area contributed by atoms with E-state index in [4.69, 9.17) is 0 Å². The number of carbonyl (C=O) groups is 1. The fourth-order valence-corrected chi connectivity index (χ4v) is 0.247. The molecule has 0 spiro atoms. The molecule has 0 heterocycles. The van der Waals surface area contributed by atoms with Gasteiger partial charge in [-0.2, -0.15) is 0 Å². The molecule has 0 aromatic rings. The van der Waals surface area contributed by atoms with Crippen LogP contribution in [0.3, 0.4) is 0 Å². The molecule has 0 bridgehead atoms. The van der Waals surface area contributed by atoms with Gasteiger partial charge in [0.15, 0.2) is 0 Å². The van der Waals surface area contributed by atoms with Gasteiger partial charge in [0.05, 0.1) is 0 Å². The first-order valence-electron chi connectivity index (χ1n) is 2.18. The molecule has 0 aromatic heterocycles. The normalized spacial score (nSPS) is 7.57. The van der Waals surface area contributed by atoms with Crippen LogP contribution in [-0.4, -0.2) is 17.9 Å². The lowest BCUT2D eigenvalue weighted by molar-refractivity contribution is -0.115. The smallest absolute Gasteiger partial charge is 0.213 e. The van der Waals surface area contributed by atoms with Crippen molar-refractivity contribution in [1.29, 1.82) is 0 Å². The number of hydrogen-bond donors (Lipinski definition) is 0. The molecule has 0 unspecified atom stereocenters. The summed E-state index contributed by atoms with van der Waals surface area (Å²) in [7, 11) is 0. The number of hydrogen-bond acceptors (Lipinski definition) is 1. The van der Waals surface area contributed by atoms with Crippen LogP contribution in [0.15, 0.2) is 12.8 Å². The Hall–Kier alpha value is -0.790. The zero-order valence-electron chi connectivity index (χ0n) is 4.42. The molecule has 0 aliphatic heterocycles. The summed E-state index contributed by atoms with van der Waals surface area (Å²) < 4.78 is 0. The Balaban J connectivity index is 3.36. The number of nitrogens with zero attached hydrogens (tertiary/aromatic N) is 1. The van der Waals surface area contributed by atoms with E-state index in [9.17, 15) is 4.79 Å². The Kier molecular flexibility index (Phi) is 3.02. The minimum Gasteiger partial charge on any atom is -0.323 e. The maximum Gasteiger partial charge on any atom is 0.213 e. The van der Waals surface area contributed by atoms with Gasteiger partial charge < -0.3 is 4.90 Å². The van der Waals surface area contributed by atoms with Crippen molar-refractivity contribution in [3.63, 3.8) is 0 Å². The number of amides is 1. The van der Waals surface area contributed by atoms with Crippen molar-refractivity contribution < 1.29 is 4.79 Å². The highest BCUT2D eigenvalue weighted by molar-refractivity contribution is 5.48. The summed E-state index contributed by atoms with van der Waals surface area (Å²) in [4.78, 5) is 11.3. The molecule has 2 heteroatoms. The second-order valence-corrected chi connectivity index (χ2v) is 1.12. The molecule has 0 N–H and O–H groups in total. The van der Waals surface area contributed by atoms with Gasteiger partial charge in [0, 0.05) is 6.54 Å². The molecule has 0 atom stereocenters. The fourth-order valence-electron chi connectivity index (χ4n) is 0.247. The third kappa shape index (κ3) is 1.98. The summed E-state index contributed by atoms with van der Waals surface area (Å²) in [6.07, 6.45) is 2.24. The van der Waals surface area contributed by atoms with Crippen LogP contribution in [0.5, 0.6) is 0 Å². The lowest BCUT2D eigenvalue weighted by atomic mass is 10.6. The van der Waals surface area contributed by atoms with Gasteiger partial charge in [-0.1, -0.05) is 6.58 Å². The zero-order chi connectivity index (χ0) is 5.70. The van der Waals surface area contributed by atoms with Crippen molar-refractivity contribution in [2.24, 2.45) is 0 Å². The van der Waals surface area contributed by atoms with E-state index in [1.807, 2.05) is 6.92 Å². The Morgan fingerprint density at radius 2 is 2.43 bits per heavy atom. The molecule has 0 radical (unpaired) electrons. The summed E-state index contributed by atoms with van der Waals surface area (Å²) in [5, 5.41) is 0. The van der Waals surface area contributed by atoms with Crippen molar-refractivity contribution in [3.8, 4) is 0 Å². The van der Waals surface area contributed by atoms with E-state index in [2.05, 4.69) is 6.58 Å². The first-order chi connectivity index (χ1) is 3.35. The van der Waals surface area contributed by atoms with Crippen LogP contribution in [0, 0.1) is 0 Å². The molecule has 0 rings (SSSR count). The monoisotopic (exact) mass is 99.1 g/mol. The first-order valence-corrected chi connectivity index (χ1v) is 2.18. The Bertz CT molecular complexity index is 62.5. The highest BCUT2D eigenvalue weighted by atomic mass is 16.1. The van der Waals surface area contributed by atoms with Crippen molar-refractivity contribution in [3.05, 3.63) is 12.8 Å². The average molecular weight is 99.1 g/mol. The molecule has 0 aliphatic rings. The highest BCUT2D eigenvalue weighted by Crippen LogP contribution is 1.76. The Morgan fingerprint density at radius 1 is 1.86 bits per heavy atom. The molecule has 7 heavy (non-hydrogen) atoms. The van der Waals surface area contributed by atoms with Gasteiger partial charge in [-0.05, 0) is 13.1 Å². The highest BCUT2D eigenvalue weighted by Gasteiger charge is 1.83. The third-order valence-electron chi connectivity index (χ3n) is 0.735. The van der Waals surface area contributed by atoms with E-state index in [1.165, 1.54) is 11.1 Å². The molecule has 2 nitrogen and oxygen atoms in total. The van der Waals surface area contributed by atoms with Crippen LogP contribution in [0.25, 0.3) is 0 Å². The summed E-state index contributed by atoms with van der Waals surface area (Å²) in [6.45, 7) is 5.98. The van der Waals surface area contributed by atoms with E-state index in [0.29, 0.717) is 6.54 Å². The summed E-state index contributed by atoms with van der Waals surface area (Å²) in [6, 6.07) is 0. The maximum absolute atomic E-state index is 9.82. The lowest BCUT2D eigenvalue weighted by Gasteiger charge is -2.04. The fraction of sp³-hybridized carbons (Fsp3) is 0.400. The van der Waals surface area contributed by atoms with Crippen molar-refractivity contribution in [2.45, 2.75) is 6.92 Å². The predicted octanol–water partition coefficient (Wildman–Crippen LogP) is 0.608. The van der Waals surface area contributed by atoms with Crippen LogP contribution in [0.2, 0.25) is 0 Å². The molecule has 40 valence electrons. The standard InChI is InChI=1S/C5H9NO/c1-3-6(4-2)5-7/h3,5H,1,4H2,2H3. The summed E-state index contributed by atoms with van der Waals surface area (Å²) in [5.41, 5.74) is 0. The molecule has 0 aromatic carbocycles. The van der Waals surface area contributed by atoms with Gasteiger partial charge in [-0.25, -0.2) is 0 Å². The summed E-state index contributed by atoms with van der Waals surface area (Å²) in [5.74, 6) is 0. The van der Waals surface area contributed by atoms with Crippen molar-refractivity contribution >= 4 is 6.41 Å². The zero-order valence-corrected chi connectivity index (χ0v) is 4.42. The van der Waals surface area contributed by atoms with Crippen LogP contribution in [0.4, 0.5) is 0 Å². The molecular formula is C5H9NO. The van der Waals surface area contributed by atoms with E-state index in [1.54, 1.807) is 0 Å². The van der Waals surface area contributed by atoms with Gasteiger partial charge in [0.1, 0.15) is 0 Å². The van der Waals surface area contributed by atoms with Gasteiger partial charge in [-0.15, -0.1) is 0 Å². The number of carbonyl (C=O) groups excluding carboxylic acids is 1. The lowest BCUT2D eigenvalue weighted by Crippen LogP contribution is -2.12. The molecule has 0 fully saturated rings. The van der Waals surface area contributed by atoms with E-state index in [-0.39, 0.29) is 0 Å². The van der Waals surface area contributed by atoms with Gasteiger partial charge in [0.25, 0.3) is 0 Å². The average Bonchev–Trinajstić information content (AvgIpc) is 1.72. The maximum atomic E-state index is 9.82. The second-order valence-electron chi connectivity index (χ2n) is 1.12. The Morgan fingerprint density at radius 3 is 2.43 bits per heavy atom. The minimum absolute atomic E-state index is 0.701. The Labute approximate surface area is 43.4 Å².